The number of aryl methyl sites for hydroxylation is 1. The highest BCUT2D eigenvalue weighted by Gasteiger charge is 2.14. The second-order valence-corrected chi connectivity index (χ2v) is 3.77. The fourth-order valence-corrected chi connectivity index (χ4v) is 1.90. The minimum Gasteiger partial charge on any atom is -0.495 e. The Kier molecular flexibility index (Phi) is 2.75. The molecule has 2 aromatic rings. The van der Waals surface area contributed by atoms with Crippen LogP contribution in [0.2, 0.25) is 5.02 Å². The second-order valence-electron chi connectivity index (χ2n) is 3.39. The molecule has 0 aliphatic carbocycles. The van der Waals surface area contributed by atoms with Gasteiger partial charge in [-0.05, 0) is 12.5 Å². The number of hydrogen-bond donors (Lipinski definition) is 1. The first-order chi connectivity index (χ1) is 7.63. The van der Waals surface area contributed by atoms with E-state index in [2.05, 4.69) is 5.16 Å². The summed E-state index contributed by atoms with van der Waals surface area (Å²) < 4.78 is 10.0. The van der Waals surface area contributed by atoms with Gasteiger partial charge in [-0.2, -0.15) is 0 Å². The van der Waals surface area contributed by atoms with Crippen molar-refractivity contribution >= 4 is 17.5 Å². The number of methoxy groups -OCH3 is 1. The largest absolute Gasteiger partial charge is 0.495 e. The maximum Gasteiger partial charge on any atom is 0.222 e. The molecule has 1 aromatic carbocycles. The molecule has 1 aromatic heterocycles. The molecule has 5 heteroatoms. The predicted molar refractivity (Wildman–Crippen MR) is 62.7 cm³/mol. The van der Waals surface area contributed by atoms with E-state index >= 15 is 0 Å². The van der Waals surface area contributed by atoms with Crippen molar-refractivity contribution in [3.05, 3.63) is 28.8 Å². The molecule has 0 saturated carbocycles. The van der Waals surface area contributed by atoms with Crippen molar-refractivity contribution in [3.8, 4) is 17.0 Å². The van der Waals surface area contributed by atoms with Crippen LogP contribution in [0.3, 0.4) is 0 Å². The van der Waals surface area contributed by atoms with E-state index in [1.165, 1.54) is 0 Å². The number of aromatic nitrogens is 1. The summed E-state index contributed by atoms with van der Waals surface area (Å²) in [5, 5.41) is 4.32. The van der Waals surface area contributed by atoms with Gasteiger partial charge < -0.3 is 15.0 Å². The van der Waals surface area contributed by atoms with Gasteiger partial charge in [-0.3, -0.25) is 0 Å². The van der Waals surface area contributed by atoms with Crippen LogP contribution >= 0.6 is 11.6 Å². The van der Waals surface area contributed by atoms with Gasteiger partial charge in [-0.1, -0.05) is 28.9 Å². The molecule has 0 unspecified atom stereocenters. The van der Waals surface area contributed by atoms with Crippen LogP contribution in [0.1, 0.15) is 5.56 Å². The predicted octanol–water partition coefficient (Wildman–Crippen LogP) is 2.89. The van der Waals surface area contributed by atoms with Crippen molar-refractivity contribution in [2.24, 2.45) is 0 Å². The standard InChI is InChI=1S/C11H11ClN2O2/c1-6-3-4-7(10(12)11(6)15-2)8-5-9(13)16-14-8/h3-5H,13H2,1-2H3. The maximum absolute atomic E-state index is 6.21. The first-order valence-corrected chi connectivity index (χ1v) is 5.07. The summed E-state index contributed by atoms with van der Waals surface area (Å²) in [6.45, 7) is 1.92. The van der Waals surface area contributed by atoms with Gasteiger partial charge in [0.25, 0.3) is 0 Å². The Morgan fingerprint density at radius 3 is 2.75 bits per heavy atom. The number of anilines is 1. The third kappa shape index (κ3) is 1.72. The van der Waals surface area contributed by atoms with Gasteiger partial charge in [-0.15, -0.1) is 0 Å². The Morgan fingerprint density at radius 1 is 1.44 bits per heavy atom. The Bertz CT molecular complexity index is 523. The smallest absolute Gasteiger partial charge is 0.222 e. The molecule has 2 rings (SSSR count). The number of ether oxygens (including phenoxy) is 1. The monoisotopic (exact) mass is 238 g/mol. The lowest BCUT2D eigenvalue weighted by atomic mass is 10.1. The van der Waals surface area contributed by atoms with Crippen LogP contribution in [0.4, 0.5) is 5.88 Å². The van der Waals surface area contributed by atoms with E-state index in [-0.39, 0.29) is 5.88 Å². The van der Waals surface area contributed by atoms with Crippen LogP contribution in [0.25, 0.3) is 11.3 Å². The normalized spacial score (nSPS) is 10.4. The SMILES string of the molecule is COc1c(C)ccc(-c2cc(N)on2)c1Cl. The number of nitrogen functional groups attached to an aromatic ring is 1. The van der Waals surface area contributed by atoms with Crippen LogP contribution in [0.15, 0.2) is 22.7 Å². The van der Waals surface area contributed by atoms with Crippen molar-refractivity contribution in [1.29, 1.82) is 0 Å². The molecule has 0 aliphatic heterocycles. The third-order valence-electron chi connectivity index (χ3n) is 2.30. The molecular weight excluding hydrogens is 228 g/mol. The van der Waals surface area contributed by atoms with E-state index in [1.807, 2.05) is 19.1 Å². The van der Waals surface area contributed by atoms with E-state index in [4.69, 9.17) is 26.6 Å². The molecule has 16 heavy (non-hydrogen) atoms. The highest BCUT2D eigenvalue weighted by molar-refractivity contribution is 6.34. The number of halogens is 1. The van der Waals surface area contributed by atoms with Crippen molar-refractivity contribution in [2.75, 3.05) is 12.8 Å². The molecule has 2 N–H and O–H groups in total. The average molecular weight is 239 g/mol. The molecule has 4 nitrogen and oxygen atoms in total. The van der Waals surface area contributed by atoms with E-state index in [9.17, 15) is 0 Å². The molecule has 0 radical (unpaired) electrons. The van der Waals surface area contributed by atoms with Crippen LogP contribution in [0, 0.1) is 6.92 Å². The fraction of sp³-hybridized carbons (Fsp3) is 0.182. The topological polar surface area (TPSA) is 61.3 Å². The quantitative estimate of drug-likeness (QED) is 0.874. The molecule has 0 fully saturated rings. The van der Waals surface area contributed by atoms with Gasteiger partial charge in [0, 0.05) is 11.6 Å². The average Bonchev–Trinajstić information content (AvgIpc) is 2.65. The van der Waals surface area contributed by atoms with Gasteiger partial charge in [0.05, 0.1) is 12.1 Å². The molecule has 0 atom stereocenters. The van der Waals surface area contributed by atoms with Gasteiger partial charge >= 0.3 is 0 Å². The second kappa shape index (κ2) is 4.06. The first kappa shape index (κ1) is 10.8. The molecule has 0 spiro atoms. The zero-order valence-corrected chi connectivity index (χ0v) is 9.71. The summed E-state index contributed by atoms with van der Waals surface area (Å²) in [6, 6.07) is 5.39. The van der Waals surface area contributed by atoms with E-state index in [0.29, 0.717) is 16.5 Å². The molecule has 0 amide bonds. The molecule has 0 aliphatic rings. The minimum atomic E-state index is 0.255. The van der Waals surface area contributed by atoms with Gasteiger partial charge in [0.15, 0.2) is 0 Å². The summed E-state index contributed by atoms with van der Waals surface area (Å²) in [7, 11) is 1.58. The molecular formula is C11H11ClN2O2. The maximum atomic E-state index is 6.21. The lowest BCUT2D eigenvalue weighted by Crippen LogP contribution is -1.90. The van der Waals surface area contributed by atoms with Crippen molar-refractivity contribution in [3.63, 3.8) is 0 Å². The summed E-state index contributed by atoms with van der Waals surface area (Å²) in [5.41, 5.74) is 7.77. The van der Waals surface area contributed by atoms with Crippen LogP contribution < -0.4 is 10.5 Å². The number of rotatable bonds is 2. The lowest BCUT2D eigenvalue weighted by Gasteiger charge is -2.09. The highest BCUT2D eigenvalue weighted by atomic mass is 35.5. The Morgan fingerprint density at radius 2 is 2.19 bits per heavy atom. The molecule has 84 valence electrons. The van der Waals surface area contributed by atoms with Gasteiger partial charge in [0.1, 0.15) is 11.4 Å². The Hall–Kier alpha value is -1.68. The summed E-state index contributed by atoms with van der Waals surface area (Å²) in [4.78, 5) is 0. The lowest BCUT2D eigenvalue weighted by molar-refractivity contribution is 0.412. The zero-order chi connectivity index (χ0) is 11.7. The number of benzene rings is 1. The summed E-state index contributed by atoms with van der Waals surface area (Å²) in [5.74, 6) is 0.895. The fourth-order valence-electron chi connectivity index (χ4n) is 1.52. The van der Waals surface area contributed by atoms with E-state index in [0.717, 1.165) is 11.1 Å². The highest BCUT2D eigenvalue weighted by Crippen LogP contribution is 2.37. The van der Waals surface area contributed by atoms with Crippen molar-refractivity contribution in [2.45, 2.75) is 6.92 Å². The van der Waals surface area contributed by atoms with E-state index in [1.54, 1.807) is 13.2 Å². The summed E-state index contributed by atoms with van der Waals surface area (Å²) >= 11 is 6.21. The van der Waals surface area contributed by atoms with Gasteiger partial charge in [0.2, 0.25) is 5.88 Å². The van der Waals surface area contributed by atoms with Crippen LogP contribution in [-0.4, -0.2) is 12.3 Å². The van der Waals surface area contributed by atoms with E-state index < -0.39 is 0 Å². The number of nitrogens with zero attached hydrogens (tertiary/aromatic N) is 1. The van der Waals surface area contributed by atoms with Crippen LogP contribution in [-0.2, 0) is 0 Å². The molecule has 1 heterocycles. The van der Waals surface area contributed by atoms with Crippen LogP contribution in [0.5, 0.6) is 5.75 Å². The zero-order valence-electron chi connectivity index (χ0n) is 8.95. The molecule has 0 saturated heterocycles. The number of nitrogens with two attached hydrogens (primary N) is 1. The van der Waals surface area contributed by atoms with Gasteiger partial charge in [-0.25, -0.2) is 0 Å². The summed E-state index contributed by atoms with van der Waals surface area (Å²) in [6.07, 6.45) is 0. The minimum absolute atomic E-state index is 0.255. The van der Waals surface area contributed by atoms with Crippen molar-refractivity contribution in [1.82, 2.24) is 5.16 Å². The molecule has 0 bridgehead atoms. The number of hydrogen-bond acceptors (Lipinski definition) is 4. The Labute approximate surface area is 97.9 Å². The van der Waals surface area contributed by atoms with Crippen molar-refractivity contribution < 1.29 is 9.26 Å². The first-order valence-electron chi connectivity index (χ1n) is 4.69. The Balaban J connectivity index is 2.58. The third-order valence-corrected chi connectivity index (χ3v) is 2.68.